The molecule has 0 saturated carbocycles. The SMILES string of the molecule is COc1ccc(CN2CCC3(CCc4nnc(C(=O)NCCC(C)C)n4C3)CC2)cc1.O=C(O)C(F)(F)F. The Hall–Kier alpha value is -3.15. The van der Waals surface area contributed by atoms with Crippen LogP contribution < -0.4 is 10.1 Å². The Bertz CT molecular complexity index is 1080. The van der Waals surface area contributed by atoms with Crippen LogP contribution in [0, 0.1) is 11.3 Å². The van der Waals surface area contributed by atoms with Gasteiger partial charge in [-0.05, 0) is 67.8 Å². The van der Waals surface area contributed by atoms with E-state index >= 15 is 0 Å². The van der Waals surface area contributed by atoms with E-state index in [0.29, 0.717) is 18.3 Å². The average molecular weight is 540 g/mol. The van der Waals surface area contributed by atoms with Gasteiger partial charge >= 0.3 is 12.1 Å². The van der Waals surface area contributed by atoms with Gasteiger partial charge in [0.1, 0.15) is 11.6 Å². The number of piperidine rings is 1. The molecule has 2 aliphatic heterocycles. The van der Waals surface area contributed by atoms with E-state index in [1.54, 1.807) is 7.11 Å². The molecule has 0 unspecified atom stereocenters. The van der Waals surface area contributed by atoms with Gasteiger partial charge in [-0.15, -0.1) is 10.2 Å². The van der Waals surface area contributed by atoms with E-state index in [1.807, 2.05) is 12.1 Å². The Labute approximate surface area is 220 Å². The molecule has 12 heteroatoms. The maximum absolute atomic E-state index is 12.7. The standard InChI is InChI=1S/C24H35N5O2.C2HF3O2/c1-18(2)9-13-25-23(30)22-27-26-21-8-10-24(17-29(21)22)11-14-28(15-12-24)16-19-4-6-20(31-3)7-5-19;3-2(4,5)1(6)7/h4-7,18H,8-17H2,1-3H3,(H,25,30);(H,6,7). The smallest absolute Gasteiger partial charge is 0.490 e. The number of halogens is 3. The number of likely N-dealkylation sites (tertiary alicyclic amines) is 1. The van der Waals surface area contributed by atoms with Crippen molar-refractivity contribution in [1.29, 1.82) is 0 Å². The lowest BCUT2D eigenvalue weighted by Crippen LogP contribution is -2.44. The molecule has 38 heavy (non-hydrogen) atoms. The molecule has 2 aromatic rings. The molecule has 0 radical (unpaired) electrons. The Morgan fingerprint density at radius 3 is 2.32 bits per heavy atom. The van der Waals surface area contributed by atoms with E-state index < -0.39 is 12.1 Å². The molecule has 1 fully saturated rings. The Kier molecular flexibility index (Phi) is 9.75. The van der Waals surface area contributed by atoms with Crippen molar-refractivity contribution in [2.45, 2.75) is 65.2 Å². The number of hydrogen-bond donors (Lipinski definition) is 2. The molecular formula is C26H36F3N5O4. The number of amides is 1. The number of carboxylic acids is 1. The van der Waals surface area contributed by atoms with Crippen LogP contribution in [0.1, 0.15) is 61.5 Å². The number of aryl methyl sites for hydroxylation is 1. The number of aliphatic carboxylic acids is 1. The minimum Gasteiger partial charge on any atom is -0.497 e. The van der Waals surface area contributed by atoms with Crippen LogP contribution in [-0.4, -0.2) is 69.6 Å². The fourth-order valence-corrected chi connectivity index (χ4v) is 4.78. The number of carboxylic acid groups (broad SMARTS) is 1. The molecule has 4 rings (SSSR count). The zero-order chi connectivity index (χ0) is 27.9. The van der Waals surface area contributed by atoms with Crippen LogP contribution in [0.15, 0.2) is 24.3 Å². The van der Waals surface area contributed by atoms with Crippen LogP contribution in [0.5, 0.6) is 5.75 Å². The van der Waals surface area contributed by atoms with Crippen molar-refractivity contribution in [3.8, 4) is 5.75 Å². The number of nitrogens with zero attached hydrogens (tertiary/aromatic N) is 4. The molecule has 2 N–H and O–H groups in total. The second-order valence-electron chi connectivity index (χ2n) is 10.4. The van der Waals surface area contributed by atoms with Crippen LogP contribution in [0.4, 0.5) is 13.2 Å². The second-order valence-corrected chi connectivity index (χ2v) is 10.4. The highest BCUT2D eigenvalue weighted by Gasteiger charge is 2.40. The molecule has 1 aromatic heterocycles. The van der Waals surface area contributed by atoms with Gasteiger partial charge in [0.05, 0.1) is 7.11 Å². The monoisotopic (exact) mass is 539 g/mol. The van der Waals surface area contributed by atoms with Gasteiger partial charge < -0.3 is 19.7 Å². The predicted octanol–water partition coefficient (Wildman–Crippen LogP) is 3.92. The third-order valence-electron chi connectivity index (χ3n) is 7.13. The zero-order valence-electron chi connectivity index (χ0n) is 22.1. The molecule has 1 saturated heterocycles. The number of aromatic nitrogens is 3. The second kappa shape index (κ2) is 12.6. The van der Waals surface area contributed by atoms with E-state index in [9.17, 15) is 18.0 Å². The third kappa shape index (κ3) is 7.92. The van der Waals surface area contributed by atoms with Crippen molar-refractivity contribution < 1.29 is 32.6 Å². The fourth-order valence-electron chi connectivity index (χ4n) is 4.78. The lowest BCUT2D eigenvalue weighted by Gasteiger charge is -2.44. The van der Waals surface area contributed by atoms with Crippen LogP contribution in [0.3, 0.4) is 0 Å². The van der Waals surface area contributed by atoms with E-state index in [-0.39, 0.29) is 11.3 Å². The summed E-state index contributed by atoms with van der Waals surface area (Å²) in [5.74, 6) is 0.0658. The van der Waals surface area contributed by atoms with Crippen molar-refractivity contribution in [2.24, 2.45) is 11.3 Å². The quantitative estimate of drug-likeness (QED) is 0.549. The number of benzene rings is 1. The predicted molar refractivity (Wildman–Crippen MR) is 134 cm³/mol. The van der Waals surface area contributed by atoms with Crippen LogP contribution >= 0.6 is 0 Å². The van der Waals surface area contributed by atoms with Gasteiger partial charge in [-0.1, -0.05) is 26.0 Å². The summed E-state index contributed by atoms with van der Waals surface area (Å²) in [6.45, 7) is 9.01. The number of rotatable bonds is 7. The van der Waals surface area contributed by atoms with Crippen molar-refractivity contribution in [3.63, 3.8) is 0 Å². The maximum atomic E-state index is 12.7. The average Bonchev–Trinajstić information content (AvgIpc) is 3.28. The maximum Gasteiger partial charge on any atom is 0.490 e. The molecule has 9 nitrogen and oxygen atoms in total. The van der Waals surface area contributed by atoms with Gasteiger partial charge in [0, 0.05) is 26.1 Å². The minimum absolute atomic E-state index is 0.0895. The van der Waals surface area contributed by atoms with Gasteiger partial charge in [-0.3, -0.25) is 9.69 Å². The Morgan fingerprint density at radius 2 is 1.76 bits per heavy atom. The first kappa shape index (κ1) is 29.4. The first-order valence-corrected chi connectivity index (χ1v) is 12.8. The first-order chi connectivity index (χ1) is 17.9. The summed E-state index contributed by atoms with van der Waals surface area (Å²) in [7, 11) is 1.70. The summed E-state index contributed by atoms with van der Waals surface area (Å²) in [6, 6.07) is 8.36. The van der Waals surface area contributed by atoms with Crippen molar-refractivity contribution in [2.75, 3.05) is 26.7 Å². The van der Waals surface area contributed by atoms with E-state index in [0.717, 1.165) is 69.9 Å². The van der Waals surface area contributed by atoms with Gasteiger partial charge in [0.2, 0.25) is 5.82 Å². The molecule has 0 bridgehead atoms. The van der Waals surface area contributed by atoms with Gasteiger partial charge in [0.25, 0.3) is 5.91 Å². The number of carbonyl (C=O) groups is 2. The molecule has 3 heterocycles. The largest absolute Gasteiger partial charge is 0.497 e. The molecule has 2 aliphatic rings. The molecule has 0 aliphatic carbocycles. The van der Waals surface area contributed by atoms with E-state index in [4.69, 9.17) is 14.6 Å². The molecule has 1 amide bonds. The molecule has 210 valence electrons. The molecule has 0 atom stereocenters. The fraction of sp³-hybridized carbons (Fsp3) is 0.615. The van der Waals surface area contributed by atoms with Crippen LogP contribution in [-0.2, 0) is 24.3 Å². The van der Waals surface area contributed by atoms with Crippen molar-refractivity contribution in [1.82, 2.24) is 25.0 Å². The Morgan fingerprint density at radius 1 is 1.13 bits per heavy atom. The van der Waals surface area contributed by atoms with E-state index in [1.165, 1.54) is 5.56 Å². The topological polar surface area (TPSA) is 110 Å². The zero-order valence-corrected chi connectivity index (χ0v) is 22.1. The highest BCUT2D eigenvalue weighted by Crippen LogP contribution is 2.41. The lowest BCUT2D eigenvalue weighted by molar-refractivity contribution is -0.192. The van der Waals surface area contributed by atoms with Crippen molar-refractivity contribution >= 4 is 11.9 Å². The third-order valence-corrected chi connectivity index (χ3v) is 7.13. The number of hydrogen-bond acceptors (Lipinski definition) is 6. The van der Waals surface area contributed by atoms with E-state index in [2.05, 4.69) is 51.0 Å². The summed E-state index contributed by atoms with van der Waals surface area (Å²) in [5, 5.41) is 18.7. The molecule has 1 aromatic carbocycles. The number of carbonyl (C=O) groups excluding carboxylic acids is 1. The number of alkyl halides is 3. The van der Waals surface area contributed by atoms with Gasteiger partial charge in [-0.25, -0.2) is 4.79 Å². The minimum atomic E-state index is -5.08. The number of nitrogens with one attached hydrogen (secondary N) is 1. The first-order valence-electron chi connectivity index (χ1n) is 12.8. The van der Waals surface area contributed by atoms with Gasteiger partial charge in [0.15, 0.2) is 0 Å². The Balaban J connectivity index is 0.000000505. The number of methoxy groups -OCH3 is 1. The summed E-state index contributed by atoms with van der Waals surface area (Å²) in [4.78, 5) is 24.1. The molecular weight excluding hydrogens is 503 g/mol. The molecule has 1 spiro atoms. The summed E-state index contributed by atoms with van der Waals surface area (Å²) in [6.07, 6.45) is 0.228. The lowest BCUT2D eigenvalue weighted by atomic mass is 9.73. The highest BCUT2D eigenvalue weighted by atomic mass is 19.4. The summed E-state index contributed by atoms with van der Waals surface area (Å²) < 4.78 is 39.1. The number of fused-ring (bicyclic) bond motifs is 1. The van der Waals surface area contributed by atoms with Crippen LogP contribution in [0.2, 0.25) is 0 Å². The highest BCUT2D eigenvalue weighted by molar-refractivity contribution is 5.90. The van der Waals surface area contributed by atoms with Gasteiger partial charge in [-0.2, -0.15) is 13.2 Å². The van der Waals surface area contributed by atoms with Crippen LogP contribution in [0.25, 0.3) is 0 Å². The number of ether oxygens (including phenoxy) is 1. The normalized spacial score (nSPS) is 16.9. The van der Waals surface area contributed by atoms with Crippen molar-refractivity contribution in [3.05, 3.63) is 41.5 Å². The summed E-state index contributed by atoms with van der Waals surface area (Å²) in [5.41, 5.74) is 1.57. The summed E-state index contributed by atoms with van der Waals surface area (Å²) >= 11 is 0.